The molecule has 4 rings (SSSR count). The smallest absolute Gasteiger partial charge is 0.345 e. The van der Waals surface area contributed by atoms with E-state index in [1.807, 2.05) is 64.1 Å². The second-order valence-electron chi connectivity index (χ2n) is 11.9. The van der Waals surface area contributed by atoms with Crippen molar-refractivity contribution in [3.63, 3.8) is 0 Å². The summed E-state index contributed by atoms with van der Waals surface area (Å²) in [5.41, 5.74) is 2.70. The van der Waals surface area contributed by atoms with Crippen molar-refractivity contribution in [2.75, 3.05) is 20.8 Å². The Balaban J connectivity index is 1.81. The average Bonchev–Trinajstić information content (AvgIpc) is 3.50. The molecule has 9 heteroatoms. The van der Waals surface area contributed by atoms with Crippen molar-refractivity contribution >= 4 is 17.6 Å². The maximum Gasteiger partial charge on any atom is 0.345 e. The molecule has 0 saturated carbocycles. The number of rotatable bonds is 12. The first-order chi connectivity index (χ1) is 20.5. The molecule has 1 aliphatic rings. The van der Waals surface area contributed by atoms with Crippen molar-refractivity contribution in [1.29, 1.82) is 0 Å². The first kappa shape index (κ1) is 32.6. The number of hydrogen-bond donors (Lipinski definition) is 2. The van der Waals surface area contributed by atoms with E-state index >= 15 is 0 Å². The summed E-state index contributed by atoms with van der Waals surface area (Å²) in [6, 6.07) is 14.9. The van der Waals surface area contributed by atoms with Crippen LogP contribution in [0.15, 0.2) is 48.5 Å². The molecule has 43 heavy (non-hydrogen) atoms. The summed E-state index contributed by atoms with van der Waals surface area (Å²) in [6.07, 6.45) is 1.38. The summed E-state index contributed by atoms with van der Waals surface area (Å²) in [6.45, 7) is 9.32. The van der Waals surface area contributed by atoms with Crippen molar-refractivity contribution in [1.82, 2.24) is 5.32 Å². The Bertz CT molecular complexity index is 1400. The van der Waals surface area contributed by atoms with Crippen LogP contribution in [0, 0.1) is 12.3 Å². The van der Waals surface area contributed by atoms with Crippen molar-refractivity contribution in [3.8, 4) is 23.0 Å². The minimum Gasteiger partial charge on any atom is -0.495 e. The molecule has 3 aromatic rings. The zero-order valence-corrected chi connectivity index (χ0v) is 26.5. The Morgan fingerprint density at radius 2 is 1.81 bits per heavy atom. The number of carbonyl (C=O) groups is 1. The van der Waals surface area contributed by atoms with Crippen molar-refractivity contribution in [2.24, 2.45) is 5.41 Å². The number of nitrogens with one attached hydrogen (secondary N) is 1. The molecule has 1 heterocycles. The second-order valence-corrected chi connectivity index (χ2v) is 12.3. The second kappa shape index (κ2) is 14.4. The molecule has 0 aliphatic carbocycles. The highest BCUT2D eigenvalue weighted by atomic mass is 35.5. The largest absolute Gasteiger partial charge is 0.495 e. The van der Waals surface area contributed by atoms with Gasteiger partial charge in [-0.1, -0.05) is 62.7 Å². The Labute approximate surface area is 259 Å². The van der Waals surface area contributed by atoms with E-state index in [1.54, 1.807) is 12.1 Å². The highest BCUT2D eigenvalue weighted by molar-refractivity contribution is 6.32. The number of aryl methyl sites for hydroxylation is 1. The number of halogens is 1. The van der Waals surface area contributed by atoms with Crippen LogP contribution in [-0.2, 0) is 22.7 Å². The highest BCUT2D eigenvalue weighted by Gasteiger charge is 2.30. The molecule has 0 aromatic heterocycles. The van der Waals surface area contributed by atoms with Gasteiger partial charge in [0.2, 0.25) is 0 Å². The molecule has 2 unspecified atom stereocenters. The van der Waals surface area contributed by atoms with E-state index in [2.05, 4.69) is 5.32 Å². The first-order valence-corrected chi connectivity index (χ1v) is 14.9. The van der Waals surface area contributed by atoms with Crippen LogP contribution >= 0.6 is 11.6 Å². The molecule has 0 bridgehead atoms. The molecule has 1 saturated heterocycles. The van der Waals surface area contributed by atoms with Crippen molar-refractivity contribution in [3.05, 3.63) is 81.4 Å². The summed E-state index contributed by atoms with van der Waals surface area (Å²) in [7, 11) is 2.73. The van der Waals surface area contributed by atoms with Gasteiger partial charge in [0, 0.05) is 11.1 Å². The number of benzene rings is 3. The fraction of sp³-hybridized carbons (Fsp3) is 0.441. The van der Waals surface area contributed by atoms with Gasteiger partial charge in [0.1, 0.15) is 29.9 Å². The van der Waals surface area contributed by atoms with E-state index in [0.717, 1.165) is 30.5 Å². The highest BCUT2D eigenvalue weighted by Crippen LogP contribution is 2.46. The molecule has 3 aromatic carbocycles. The SMILES string of the molecule is COC(=O)c1c(Oc2c(OCc3ccccc3)cc(C)c(Cl)c2COC2CCCN2)ccc(C(O)CC(C)(C)C)c1OC. The van der Waals surface area contributed by atoms with Gasteiger partial charge in [0.05, 0.1) is 32.0 Å². The van der Waals surface area contributed by atoms with Gasteiger partial charge in [-0.05, 0) is 67.5 Å². The minimum atomic E-state index is -0.881. The van der Waals surface area contributed by atoms with Crippen LogP contribution in [0.4, 0.5) is 0 Å². The van der Waals surface area contributed by atoms with Gasteiger partial charge < -0.3 is 28.8 Å². The Morgan fingerprint density at radius 1 is 1.07 bits per heavy atom. The summed E-state index contributed by atoms with van der Waals surface area (Å²) in [5.74, 6) is 0.434. The van der Waals surface area contributed by atoms with Crippen LogP contribution in [0.1, 0.15) is 78.7 Å². The Kier molecular flexibility index (Phi) is 11.0. The number of esters is 1. The minimum absolute atomic E-state index is 0.0468. The molecule has 0 spiro atoms. The maximum absolute atomic E-state index is 13.2. The van der Waals surface area contributed by atoms with Gasteiger partial charge in [0.25, 0.3) is 0 Å². The molecule has 232 valence electrons. The van der Waals surface area contributed by atoms with Crippen LogP contribution in [-0.4, -0.2) is 38.1 Å². The Morgan fingerprint density at radius 3 is 2.44 bits per heavy atom. The topological polar surface area (TPSA) is 95.5 Å². The maximum atomic E-state index is 13.2. The third kappa shape index (κ3) is 8.21. The molecule has 8 nitrogen and oxygen atoms in total. The lowest BCUT2D eigenvalue weighted by molar-refractivity contribution is 0.0302. The van der Waals surface area contributed by atoms with E-state index in [4.69, 9.17) is 35.3 Å². The van der Waals surface area contributed by atoms with Crippen LogP contribution in [0.3, 0.4) is 0 Å². The van der Waals surface area contributed by atoms with Crippen LogP contribution in [0.25, 0.3) is 0 Å². The van der Waals surface area contributed by atoms with E-state index < -0.39 is 12.1 Å². The van der Waals surface area contributed by atoms with Gasteiger partial charge >= 0.3 is 5.97 Å². The van der Waals surface area contributed by atoms with E-state index in [1.165, 1.54) is 14.2 Å². The standard InChI is InChI=1S/C34H42ClNO7/c1-21-17-27(41-19-22-11-8-7-9-12-22)31(24(30(21)35)20-42-28-13-10-16-36-28)43-26-15-14-23(25(37)18-34(2,3)4)32(39-5)29(26)33(38)40-6/h7-9,11-12,14-15,17,25,28,36-37H,10,13,16,18-20H2,1-6H3. The third-order valence-corrected chi connectivity index (χ3v) is 7.78. The Hall–Kier alpha value is -3.30. The van der Waals surface area contributed by atoms with Crippen LogP contribution in [0.5, 0.6) is 23.0 Å². The average molecular weight is 612 g/mol. The summed E-state index contributed by atoms with van der Waals surface area (Å²) < 4.78 is 29.9. The fourth-order valence-corrected chi connectivity index (χ4v) is 5.31. The normalized spacial score (nSPS) is 15.7. The van der Waals surface area contributed by atoms with Gasteiger partial charge in [-0.2, -0.15) is 0 Å². The number of aliphatic hydroxyl groups excluding tert-OH is 1. The van der Waals surface area contributed by atoms with Gasteiger partial charge in [-0.3, -0.25) is 5.32 Å². The number of aliphatic hydroxyl groups is 1. The summed E-state index contributed by atoms with van der Waals surface area (Å²) in [5, 5.41) is 14.9. The van der Waals surface area contributed by atoms with Crippen LogP contribution < -0.4 is 19.5 Å². The van der Waals surface area contributed by atoms with Crippen molar-refractivity contribution < 1.29 is 33.6 Å². The third-order valence-electron chi connectivity index (χ3n) is 7.26. The molecule has 2 N–H and O–H groups in total. The zero-order valence-electron chi connectivity index (χ0n) is 25.8. The lowest BCUT2D eigenvalue weighted by atomic mass is 9.86. The zero-order chi connectivity index (χ0) is 31.1. The van der Waals surface area contributed by atoms with Crippen LogP contribution in [0.2, 0.25) is 5.02 Å². The van der Waals surface area contributed by atoms with E-state index in [-0.39, 0.29) is 41.9 Å². The number of carbonyl (C=O) groups excluding carboxylic acids is 1. The lowest BCUT2D eigenvalue weighted by Gasteiger charge is -2.25. The van der Waals surface area contributed by atoms with Crippen molar-refractivity contribution in [2.45, 2.75) is 72.5 Å². The molecule has 0 amide bonds. The molecule has 1 fully saturated rings. The summed E-state index contributed by atoms with van der Waals surface area (Å²) >= 11 is 6.87. The molecule has 0 radical (unpaired) electrons. The molecule has 2 atom stereocenters. The quantitative estimate of drug-likeness (QED) is 0.203. The van der Waals surface area contributed by atoms with E-state index in [0.29, 0.717) is 34.1 Å². The lowest BCUT2D eigenvalue weighted by Crippen LogP contribution is -2.24. The molecule has 1 aliphatic heterocycles. The predicted octanol–water partition coefficient (Wildman–Crippen LogP) is 7.51. The molecular formula is C34H42ClNO7. The first-order valence-electron chi connectivity index (χ1n) is 14.5. The van der Waals surface area contributed by atoms with Gasteiger partial charge in [-0.25, -0.2) is 4.79 Å². The summed E-state index contributed by atoms with van der Waals surface area (Å²) in [4.78, 5) is 13.2. The number of hydrogen-bond acceptors (Lipinski definition) is 8. The number of ether oxygens (including phenoxy) is 5. The fourth-order valence-electron chi connectivity index (χ4n) is 5.12. The molecular weight excluding hydrogens is 570 g/mol. The van der Waals surface area contributed by atoms with Gasteiger partial charge in [0.15, 0.2) is 11.5 Å². The monoisotopic (exact) mass is 611 g/mol. The van der Waals surface area contributed by atoms with Gasteiger partial charge in [-0.15, -0.1) is 0 Å². The predicted molar refractivity (Wildman–Crippen MR) is 166 cm³/mol. The van der Waals surface area contributed by atoms with E-state index in [9.17, 15) is 9.90 Å². The number of methoxy groups -OCH3 is 2.